The number of anilines is 1. The third kappa shape index (κ3) is 4.36. The Morgan fingerprint density at radius 1 is 1.24 bits per heavy atom. The van der Waals surface area contributed by atoms with Gasteiger partial charge in [-0.15, -0.1) is 0 Å². The largest absolute Gasteiger partial charge is 0.482 e. The SMILES string of the molecule is CC(Oc1cc(-c2ccccc2[C@@]2(N)CCN(C=O)C2)cnc1N)c1c(F)ccc(F)c1Cl. The summed E-state index contributed by atoms with van der Waals surface area (Å²) in [7, 11) is 0. The fraction of sp³-hybridized carbons (Fsp3) is 0.250. The van der Waals surface area contributed by atoms with Gasteiger partial charge in [-0.3, -0.25) is 4.79 Å². The predicted molar refractivity (Wildman–Crippen MR) is 123 cm³/mol. The molecule has 1 saturated heterocycles. The van der Waals surface area contributed by atoms with Gasteiger partial charge in [0.05, 0.1) is 10.6 Å². The third-order valence-electron chi connectivity index (χ3n) is 5.93. The average molecular weight is 473 g/mol. The molecule has 0 spiro atoms. The predicted octanol–water partition coefficient (Wildman–Crippen LogP) is 4.42. The number of nitrogens with zero attached hydrogens (tertiary/aromatic N) is 2. The van der Waals surface area contributed by atoms with Gasteiger partial charge in [-0.25, -0.2) is 13.8 Å². The summed E-state index contributed by atoms with van der Waals surface area (Å²) < 4.78 is 34.1. The number of likely N-dealkylation sites (tertiary alicyclic amines) is 1. The Labute approximate surface area is 195 Å². The molecular weight excluding hydrogens is 450 g/mol. The van der Waals surface area contributed by atoms with Crippen molar-refractivity contribution in [2.45, 2.75) is 25.0 Å². The third-order valence-corrected chi connectivity index (χ3v) is 6.31. The minimum Gasteiger partial charge on any atom is -0.482 e. The highest BCUT2D eigenvalue weighted by atomic mass is 35.5. The molecular formula is C24H23ClF2N4O2. The van der Waals surface area contributed by atoms with Crippen molar-refractivity contribution in [1.29, 1.82) is 0 Å². The first kappa shape index (κ1) is 22.9. The van der Waals surface area contributed by atoms with Gasteiger partial charge in [-0.1, -0.05) is 35.9 Å². The molecule has 2 heterocycles. The summed E-state index contributed by atoms with van der Waals surface area (Å²) in [5, 5.41) is -0.346. The molecule has 33 heavy (non-hydrogen) atoms. The molecule has 2 atom stereocenters. The van der Waals surface area contributed by atoms with Crippen LogP contribution in [0.25, 0.3) is 11.1 Å². The maximum absolute atomic E-state index is 14.3. The van der Waals surface area contributed by atoms with E-state index in [9.17, 15) is 13.6 Å². The highest BCUT2D eigenvalue weighted by Gasteiger charge is 2.37. The van der Waals surface area contributed by atoms with Crippen molar-refractivity contribution in [3.63, 3.8) is 0 Å². The number of hydrogen-bond donors (Lipinski definition) is 2. The van der Waals surface area contributed by atoms with E-state index >= 15 is 0 Å². The molecule has 0 aliphatic carbocycles. The van der Waals surface area contributed by atoms with Crippen molar-refractivity contribution in [3.05, 3.63) is 76.4 Å². The molecule has 1 fully saturated rings. The molecule has 4 rings (SSSR count). The van der Waals surface area contributed by atoms with Crippen molar-refractivity contribution < 1.29 is 18.3 Å². The highest BCUT2D eigenvalue weighted by Crippen LogP contribution is 2.39. The molecule has 9 heteroatoms. The molecule has 0 bridgehead atoms. The van der Waals surface area contributed by atoms with Gasteiger partial charge in [0.25, 0.3) is 0 Å². The van der Waals surface area contributed by atoms with Gasteiger partial charge in [0.15, 0.2) is 11.6 Å². The van der Waals surface area contributed by atoms with E-state index in [1.165, 1.54) is 0 Å². The smallest absolute Gasteiger partial charge is 0.209 e. The van der Waals surface area contributed by atoms with E-state index in [0.717, 1.165) is 29.7 Å². The topological polar surface area (TPSA) is 94.5 Å². The van der Waals surface area contributed by atoms with Crippen LogP contribution in [0.15, 0.2) is 48.7 Å². The number of nitrogens with two attached hydrogens (primary N) is 2. The quantitative estimate of drug-likeness (QED) is 0.409. The standard InChI is InChI=1S/C24H23ClF2N4O2/c1-14(21-18(26)6-7-19(27)22(21)25)33-20-10-15(11-30-23(20)28)16-4-2-3-5-17(16)24(29)8-9-31(12-24)13-32/h2-7,10-11,13-14H,8-9,12,29H2,1H3,(H2,28,30)/t14?,24-/m1/s1. The second-order valence-corrected chi connectivity index (χ2v) is 8.53. The first-order chi connectivity index (χ1) is 15.7. The Morgan fingerprint density at radius 2 is 1.97 bits per heavy atom. The van der Waals surface area contributed by atoms with Crippen molar-refractivity contribution in [3.8, 4) is 16.9 Å². The molecule has 1 aromatic heterocycles. The molecule has 6 nitrogen and oxygen atoms in total. The summed E-state index contributed by atoms with van der Waals surface area (Å²) in [4.78, 5) is 17.1. The number of rotatable bonds is 6. The van der Waals surface area contributed by atoms with Crippen LogP contribution in [0.1, 0.15) is 30.6 Å². The first-order valence-electron chi connectivity index (χ1n) is 10.4. The van der Waals surface area contributed by atoms with Crippen molar-refractivity contribution in [2.75, 3.05) is 18.8 Å². The molecule has 2 aromatic carbocycles. The lowest BCUT2D eigenvalue weighted by molar-refractivity contribution is -0.117. The van der Waals surface area contributed by atoms with Crippen LogP contribution in [0.3, 0.4) is 0 Å². The highest BCUT2D eigenvalue weighted by molar-refractivity contribution is 6.31. The first-order valence-corrected chi connectivity index (χ1v) is 10.7. The zero-order valence-corrected chi connectivity index (χ0v) is 18.7. The molecule has 1 aliphatic heterocycles. The molecule has 1 aliphatic rings. The number of ether oxygens (including phenoxy) is 1. The Kier molecular flexibility index (Phi) is 6.23. The second kappa shape index (κ2) is 8.96. The Bertz CT molecular complexity index is 1210. The fourth-order valence-corrected chi connectivity index (χ4v) is 4.51. The fourth-order valence-electron chi connectivity index (χ4n) is 4.20. The summed E-state index contributed by atoms with van der Waals surface area (Å²) in [5.41, 5.74) is 14.2. The molecule has 0 radical (unpaired) electrons. The van der Waals surface area contributed by atoms with Gasteiger partial charge < -0.3 is 21.1 Å². The van der Waals surface area contributed by atoms with Crippen molar-refractivity contribution in [1.82, 2.24) is 9.88 Å². The van der Waals surface area contributed by atoms with Crippen molar-refractivity contribution in [2.24, 2.45) is 5.73 Å². The molecule has 3 aromatic rings. The number of aromatic nitrogens is 1. The van der Waals surface area contributed by atoms with Crippen LogP contribution in [0.4, 0.5) is 14.6 Å². The minimum absolute atomic E-state index is 0.0893. The van der Waals surface area contributed by atoms with E-state index in [1.807, 2.05) is 24.3 Å². The monoisotopic (exact) mass is 472 g/mol. The normalized spacial score (nSPS) is 18.9. The van der Waals surface area contributed by atoms with Crippen LogP contribution >= 0.6 is 11.6 Å². The van der Waals surface area contributed by atoms with Crippen LogP contribution in [0.5, 0.6) is 5.75 Å². The van der Waals surface area contributed by atoms with E-state index in [1.54, 1.807) is 24.1 Å². The molecule has 1 unspecified atom stereocenters. The van der Waals surface area contributed by atoms with E-state index < -0.39 is 23.3 Å². The summed E-state index contributed by atoms with van der Waals surface area (Å²) in [6.45, 7) is 2.51. The van der Waals surface area contributed by atoms with Crippen LogP contribution in [0, 0.1) is 11.6 Å². The summed E-state index contributed by atoms with van der Waals surface area (Å²) in [5.74, 6) is -1.15. The average Bonchev–Trinajstić information content (AvgIpc) is 3.20. The molecule has 172 valence electrons. The van der Waals surface area contributed by atoms with Gasteiger partial charge in [-0.05, 0) is 42.7 Å². The second-order valence-electron chi connectivity index (χ2n) is 8.15. The number of carbonyl (C=O) groups is 1. The molecule has 0 saturated carbocycles. The number of carbonyl (C=O) groups excluding carboxylic acids is 1. The number of pyridine rings is 1. The summed E-state index contributed by atoms with van der Waals surface area (Å²) in [6, 6.07) is 11.2. The summed E-state index contributed by atoms with van der Waals surface area (Å²) in [6.07, 6.45) is 2.08. The lowest BCUT2D eigenvalue weighted by atomic mass is 9.84. The Morgan fingerprint density at radius 3 is 2.70 bits per heavy atom. The van der Waals surface area contributed by atoms with Gasteiger partial charge in [0.1, 0.15) is 17.7 Å². The van der Waals surface area contributed by atoms with E-state index in [2.05, 4.69) is 4.98 Å². The lowest BCUT2D eigenvalue weighted by Crippen LogP contribution is -2.40. The number of amides is 1. The van der Waals surface area contributed by atoms with Gasteiger partial charge >= 0.3 is 0 Å². The van der Waals surface area contributed by atoms with Crippen molar-refractivity contribution >= 4 is 23.8 Å². The van der Waals surface area contributed by atoms with Crippen LogP contribution in [-0.2, 0) is 10.3 Å². The van der Waals surface area contributed by atoms with E-state index in [-0.39, 0.29) is 22.2 Å². The van der Waals surface area contributed by atoms with Gasteiger partial charge in [0.2, 0.25) is 6.41 Å². The van der Waals surface area contributed by atoms with Crippen LogP contribution in [0.2, 0.25) is 5.02 Å². The zero-order chi connectivity index (χ0) is 23.8. The van der Waals surface area contributed by atoms with Crippen LogP contribution in [-0.4, -0.2) is 29.4 Å². The zero-order valence-electron chi connectivity index (χ0n) is 17.9. The summed E-state index contributed by atoms with van der Waals surface area (Å²) >= 11 is 5.97. The number of benzene rings is 2. The minimum atomic E-state index is -0.931. The van der Waals surface area contributed by atoms with Crippen LogP contribution < -0.4 is 16.2 Å². The lowest BCUT2D eigenvalue weighted by Gasteiger charge is -2.27. The molecule has 4 N–H and O–H groups in total. The van der Waals surface area contributed by atoms with Gasteiger partial charge in [0, 0.05) is 30.4 Å². The Balaban J connectivity index is 1.70. The number of halogens is 3. The van der Waals surface area contributed by atoms with E-state index in [4.69, 9.17) is 27.8 Å². The number of nitrogen functional groups attached to an aromatic ring is 1. The number of hydrogen-bond acceptors (Lipinski definition) is 5. The molecule has 1 amide bonds. The maximum Gasteiger partial charge on any atom is 0.209 e. The maximum atomic E-state index is 14.3. The Hall–Kier alpha value is -3.23. The van der Waals surface area contributed by atoms with E-state index in [0.29, 0.717) is 25.1 Å². The van der Waals surface area contributed by atoms with Gasteiger partial charge in [-0.2, -0.15) is 0 Å².